The van der Waals surface area contributed by atoms with Crippen LogP contribution in [0.4, 0.5) is 5.69 Å². The minimum absolute atomic E-state index is 0.235. The Bertz CT molecular complexity index is 851. The second-order valence-electron chi connectivity index (χ2n) is 6.77. The molecule has 0 bridgehead atoms. The summed E-state index contributed by atoms with van der Waals surface area (Å²) in [6.45, 7) is 1.49. The highest BCUT2D eigenvalue weighted by Crippen LogP contribution is 2.25. The number of benzene rings is 1. The van der Waals surface area contributed by atoms with Crippen LogP contribution in [-0.4, -0.2) is 71.5 Å². The third-order valence-electron chi connectivity index (χ3n) is 4.52. The Balaban J connectivity index is 1.64. The van der Waals surface area contributed by atoms with Crippen LogP contribution in [0.1, 0.15) is 5.56 Å². The Kier molecular flexibility index (Phi) is 6.78. The molecule has 0 saturated carbocycles. The SMILES string of the molecule is CNN1N=CC2CN(C(=N/C=N)/N=C/Nc3cccc(C[SH](C)(=O)I)c3)CC21. The first-order valence-corrected chi connectivity index (χ1v) is 14.0. The van der Waals surface area contributed by atoms with Crippen LogP contribution >= 0.6 is 21.2 Å². The fourth-order valence-corrected chi connectivity index (χ4v) is 5.38. The zero-order chi connectivity index (χ0) is 20.1. The highest BCUT2D eigenvalue weighted by Gasteiger charge is 2.40. The third-order valence-corrected chi connectivity index (χ3v) is 6.48. The highest BCUT2D eigenvalue weighted by atomic mass is 127. The van der Waals surface area contributed by atoms with Gasteiger partial charge in [-0.25, -0.2) is 20.5 Å². The molecule has 2 atom stereocenters. The van der Waals surface area contributed by atoms with Gasteiger partial charge < -0.3 is 10.2 Å². The molecule has 1 aromatic rings. The zero-order valence-corrected chi connectivity index (χ0v) is 18.8. The number of aliphatic imine (C=N–C) groups is 2. The highest BCUT2D eigenvalue weighted by molar-refractivity contribution is 14.2. The van der Waals surface area contributed by atoms with E-state index >= 15 is 0 Å². The minimum Gasteiger partial charge on any atom is -0.346 e. The Labute approximate surface area is 177 Å². The summed E-state index contributed by atoms with van der Waals surface area (Å²) in [7, 11) is -0.304. The number of guanidine groups is 1. The molecule has 28 heavy (non-hydrogen) atoms. The van der Waals surface area contributed by atoms with E-state index in [1.807, 2.05) is 68.8 Å². The van der Waals surface area contributed by atoms with Crippen LogP contribution in [0.5, 0.6) is 0 Å². The number of rotatable bonds is 6. The van der Waals surface area contributed by atoms with Crippen molar-refractivity contribution < 1.29 is 4.21 Å². The molecular weight excluding hydrogens is 491 g/mol. The molecule has 2 aliphatic rings. The van der Waals surface area contributed by atoms with Crippen molar-refractivity contribution in [2.24, 2.45) is 21.0 Å². The van der Waals surface area contributed by atoms with E-state index in [1.54, 1.807) is 12.6 Å². The Morgan fingerprint density at radius 2 is 2.32 bits per heavy atom. The maximum atomic E-state index is 12.0. The molecule has 2 unspecified atom stereocenters. The number of nitrogens with one attached hydrogen (secondary N) is 3. The fraction of sp³-hybridized carbons (Fsp3) is 0.412. The predicted molar refractivity (Wildman–Crippen MR) is 126 cm³/mol. The van der Waals surface area contributed by atoms with E-state index in [-0.39, 0.29) is 6.04 Å². The molecule has 152 valence electrons. The summed E-state index contributed by atoms with van der Waals surface area (Å²) in [5, 5.41) is 16.6. The van der Waals surface area contributed by atoms with Gasteiger partial charge >= 0.3 is 0 Å². The molecule has 1 fully saturated rings. The minimum atomic E-state index is -2.15. The molecule has 2 aliphatic heterocycles. The van der Waals surface area contributed by atoms with Gasteiger partial charge in [-0.05, 0) is 24.0 Å². The molecule has 0 aliphatic carbocycles. The lowest BCUT2D eigenvalue weighted by molar-refractivity contribution is 0.160. The van der Waals surface area contributed by atoms with Gasteiger partial charge in [-0.2, -0.15) is 5.10 Å². The van der Waals surface area contributed by atoms with Gasteiger partial charge in [-0.3, -0.25) is 9.62 Å². The smallest absolute Gasteiger partial charge is 0.228 e. The number of thiol groups is 1. The van der Waals surface area contributed by atoms with Gasteiger partial charge in [-0.15, -0.1) is 0 Å². The zero-order valence-electron chi connectivity index (χ0n) is 15.8. The van der Waals surface area contributed by atoms with Crippen molar-refractivity contribution in [3.8, 4) is 0 Å². The number of hydrogen-bond acceptors (Lipinski definition) is 5. The van der Waals surface area contributed by atoms with E-state index in [0.717, 1.165) is 30.7 Å². The van der Waals surface area contributed by atoms with Crippen molar-refractivity contribution in [3.63, 3.8) is 0 Å². The molecular formula is C17H25IN8OS. The van der Waals surface area contributed by atoms with Crippen LogP contribution in [0.25, 0.3) is 0 Å². The first-order valence-electron chi connectivity index (χ1n) is 8.86. The van der Waals surface area contributed by atoms with Gasteiger partial charge in [0.05, 0.1) is 12.4 Å². The number of anilines is 1. The fourth-order valence-electron chi connectivity index (χ4n) is 3.35. The topological polar surface area (TPSA) is 109 Å². The summed E-state index contributed by atoms with van der Waals surface area (Å²) < 4.78 is 12.0. The van der Waals surface area contributed by atoms with Crippen molar-refractivity contribution >= 4 is 58.8 Å². The average molecular weight is 516 g/mol. The molecule has 3 rings (SSSR count). The molecule has 11 heteroatoms. The molecule has 9 nitrogen and oxygen atoms in total. The van der Waals surface area contributed by atoms with Crippen LogP contribution in [0.3, 0.4) is 0 Å². The molecule has 3 N–H and O–H groups in total. The third kappa shape index (κ3) is 5.35. The average Bonchev–Trinajstić information content (AvgIpc) is 3.20. The number of halogens is 1. The molecule has 0 aromatic heterocycles. The number of hydrazine groups is 1. The number of nitrogens with zero attached hydrogens (tertiary/aromatic N) is 5. The van der Waals surface area contributed by atoms with Gasteiger partial charge in [0.2, 0.25) is 5.96 Å². The summed E-state index contributed by atoms with van der Waals surface area (Å²) in [5.74, 6) is 1.35. The number of fused-ring (bicyclic) bond motifs is 1. The normalized spacial score (nSPS) is 22.8. The number of hydrogen-bond donors (Lipinski definition) is 4. The second kappa shape index (κ2) is 9.09. The van der Waals surface area contributed by atoms with Gasteiger partial charge in [0.25, 0.3) is 0 Å². The Hall–Kier alpha value is -1.86. The van der Waals surface area contributed by atoms with E-state index < -0.39 is 7.10 Å². The van der Waals surface area contributed by atoms with E-state index in [0.29, 0.717) is 17.6 Å². The van der Waals surface area contributed by atoms with Gasteiger partial charge in [0.15, 0.2) is 0 Å². The lowest BCUT2D eigenvalue weighted by Crippen LogP contribution is -2.41. The predicted octanol–water partition coefficient (Wildman–Crippen LogP) is 1.32. The van der Waals surface area contributed by atoms with Crippen LogP contribution in [0.15, 0.2) is 39.4 Å². The summed E-state index contributed by atoms with van der Waals surface area (Å²) >= 11 is 2.02. The molecule has 1 saturated heterocycles. The lowest BCUT2D eigenvalue weighted by atomic mass is 10.1. The van der Waals surface area contributed by atoms with Crippen LogP contribution < -0.4 is 10.7 Å². The Morgan fingerprint density at radius 1 is 1.50 bits per heavy atom. The van der Waals surface area contributed by atoms with E-state index in [1.165, 1.54) is 0 Å². The van der Waals surface area contributed by atoms with Crippen LogP contribution in [-0.2, 0) is 12.9 Å². The maximum Gasteiger partial charge on any atom is 0.228 e. The summed E-state index contributed by atoms with van der Waals surface area (Å²) in [5.41, 5.74) is 4.95. The van der Waals surface area contributed by atoms with Crippen LogP contribution in [0, 0.1) is 11.3 Å². The van der Waals surface area contributed by atoms with Crippen molar-refractivity contribution in [1.82, 2.24) is 15.4 Å². The van der Waals surface area contributed by atoms with E-state index in [9.17, 15) is 4.21 Å². The maximum absolute atomic E-state index is 12.0. The Morgan fingerprint density at radius 3 is 3.04 bits per heavy atom. The summed E-state index contributed by atoms with van der Waals surface area (Å²) in [4.78, 5) is 10.6. The number of likely N-dealkylation sites (tertiary alicyclic amines) is 1. The van der Waals surface area contributed by atoms with E-state index in [4.69, 9.17) is 5.41 Å². The van der Waals surface area contributed by atoms with Gasteiger partial charge in [0, 0.05) is 64.9 Å². The van der Waals surface area contributed by atoms with Crippen molar-refractivity contribution in [3.05, 3.63) is 29.8 Å². The summed E-state index contributed by atoms with van der Waals surface area (Å²) in [6.07, 6.45) is 6.30. The molecule has 0 amide bonds. The molecule has 0 radical (unpaired) electrons. The van der Waals surface area contributed by atoms with Gasteiger partial charge in [-0.1, -0.05) is 19.2 Å². The number of hydrazone groups is 1. The van der Waals surface area contributed by atoms with Crippen molar-refractivity contribution in [1.29, 1.82) is 5.41 Å². The quantitative estimate of drug-likeness (QED) is 0.150. The second-order valence-corrected chi connectivity index (χ2v) is 15.2. The molecule has 1 aromatic carbocycles. The molecule has 2 heterocycles. The standard InChI is InChI=1S/C17H25IN8OS/c1-20-26-16-9-25(8-14(16)7-24-26)17(21-11-19)23-12-22-15-5-3-4-13(6-15)10-28(2,18)27/h3-7,11-12,14,16,20,28H,8-10H2,1-2H3,(H2,19,21,22,23). The van der Waals surface area contributed by atoms with Crippen molar-refractivity contribution in [2.45, 2.75) is 11.8 Å². The van der Waals surface area contributed by atoms with Crippen LogP contribution in [0.2, 0.25) is 0 Å². The van der Waals surface area contributed by atoms with Crippen molar-refractivity contribution in [2.75, 3.05) is 31.7 Å². The molecule has 0 spiro atoms. The summed E-state index contributed by atoms with van der Waals surface area (Å²) in [6, 6.07) is 8.03. The first-order chi connectivity index (χ1) is 13.4. The van der Waals surface area contributed by atoms with Gasteiger partial charge in [0.1, 0.15) is 6.34 Å². The van der Waals surface area contributed by atoms with E-state index in [2.05, 4.69) is 25.8 Å². The largest absolute Gasteiger partial charge is 0.346 e. The first kappa shape index (κ1) is 20.9. The lowest BCUT2D eigenvalue weighted by Gasteiger charge is -2.22. The monoisotopic (exact) mass is 516 g/mol.